The number of nitrogens with one attached hydrogen (secondary N) is 1. The third-order valence-corrected chi connectivity index (χ3v) is 4.19. The van der Waals surface area contributed by atoms with Crippen LogP contribution < -0.4 is 5.32 Å². The van der Waals surface area contributed by atoms with E-state index in [0.29, 0.717) is 23.9 Å². The van der Waals surface area contributed by atoms with E-state index in [1.807, 2.05) is 18.2 Å². The zero-order valence-corrected chi connectivity index (χ0v) is 10.3. The fraction of sp³-hybridized carbons (Fsp3) is 0.909. The van der Waals surface area contributed by atoms with Crippen molar-refractivity contribution >= 4 is 17.7 Å². The van der Waals surface area contributed by atoms with Crippen LogP contribution in [0.4, 0.5) is 0 Å². The van der Waals surface area contributed by atoms with E-state index in [1.165, 1.54) is 12.8 Å². The minimum absolute atomic E-state index is 0.286. The van der Waals surface area contributed by atoms with Crippen molar-refractivity contribution < 1.29 is 4.79 Å². The first-order chi connectivity index (χ1) is 7.20. The topological polar surface area (TPSA) is 32.3 Å². The zero-order valence-electron chi connectivity index (χ0n) is 9.53. The Balaban J connectivity index is 1.90. The average Bonchev–Trinajstić information content (AvgIpc) is 2.57. The first-order valence-corrected chi connectivity index (χ1v) is 7.10. The third kappa shape index (κ3) is 2.48. The maximum absolute atomic E-state index is 11.8. The monoisotopic (exact) mass is 228 g/mol. The highest BCUT2D eigenvalue weighted by molar-refractivity contribution is 7.99. The van der Waals surface area contributed by atoms with Gasteiger partial charge in [0.2, 0.25) is 5.91 Å². The van der Waals surface area contributed by atoms with Crippen LogP contribution in [0, 0.1) is 0 Å². The summed E-state index contributed by atoms with van der Waals surface area (Å²) in [7, 11) is 1.97. The SMILES string of the molecule is CSCC(=O)N(C)C1CC2CCC(C1)N2. The first-order valence-electron chi connectivity index (χ1n) is 5.71. The van der Waals surface area contributed by atoms with Gasteiger partial charge in [-0.15, -0.1) is 0 Å². The Morgan fingerprint density at radius 1 is 1.40 bits per heavy atom. The van der Waals surface area contributed by atoms with Gasteiger partial charge < -0.3 is 10.2 Å². The lowest BCUT2D eigenvalue weighted by atomic mass is 9.98. The summed E-state index contributed by atoms with van der Waals surface area (Å²) in [5, 5.41) is 3.60. The number of carbonyl (C=O) groups excluding carboxylic acids is 1. The Hall–Kier alpha value is -0.220. The maximum Gasteiger partial charge on any atom is 0.232 e. The van der Waals surface area contributed by atoms with Gasteiger partial charge in [-0.2, -0.15) is 11.8 Å². The summed E-state index contributed by atoms with van der Waals surface area (Å²) in [6.45, 7) is 0. The van der Waals surface area contributed by atoms with E-state index in [4.69, 9.17) is 0 Å². The highest BCUT2D eigenvalue weighted by atomic mass is 32.2. The second-order valence-corrected chi connectivity index (χ2v) is 5.57. The van der Waals surface area contributed by atoms with Crippen LogP contribution in [0.25, 0.3) is 0 Å². The third-order valence-electron chi connectivity index (χ3n) is 3.66. The van der Waals surface area contributed by atoms with Crippen molar-refractivity contribution in [3.05, 3.63) is 0 Å². The van der Waals surface area contributed by atoms with Gasteiger partial charge in [-0.05, 0) is 31.9 Å². The lowest BCUT2D eigenvalue weighted by Crippen LogP contribution is -2.49. The predicted molar refractivity (Wildman–Crippen MR) is 64.1 cm³/mol. The zero-order chi connectivity index (χ0) is 10.8. The standard InChI is InChI=1S/C11H20N2OS/c1-13(11(14)7-15-2)10-5-8-3-4-9(6-10)12-8/h8-10,12H,3-7H2,1-2H3. The van der Waals surface area contributed by atoms with Crippen molar-refractivity contribution in [2.24, 2.45) is 0 Å². The number of amides is 1. The van der Waals surface area contributed by atoms with Crippen LogP contribution in [-0.2, 0) is 4.79 Å². The summed E-state index contributed by atoms with van der Waals surface area (Å²) in [6.07, 6.45) is 6.87. The van der Waals surface area contributed by atoms with Gasteiger partial charge in [0.25, 0.3) is 0 Å². The highest BCUT2D eigenvalue weighted by Crippen LogP contribution is 2.29. The second kappa shape index (κ2) is 4.74. The van der Waals surface area contributed by atoms with Gasteiger partial charge in [-0.3, -0.25) is 4.79 Å². The predicted octanol–water partition coefficient (Wildman–Crippen LogP) is 1.09. The molecule has 2 bridgehead atoms. The summed E-state index contributed by atoms with van der Waals surface area (Å²) in [6, 6.07) is 1.81. The molecular weight excluding hydrogens is 208 g/mol. The van der Waals surface area contributed by atoms with Gasteiger partial charge in [-0.1, -0.05) is 0 Å². The molecule has 2 fully saturated rings. The van der Waals surface area contributed by atoms with Gasteiger partial charge in [0.1, 0.15) is 0 Å². The molecular formula is C11H20N2OS. The Morgan fingerprint density at radius 3 is 2.53 bits per heavy atom. The van der Waals surface area contributed by atoms with E-state index in [9.17, 15) is 4.79 Å². The Kier molecular flexibility index (Phi) is 3.57. The smallest absolute Gasteiger partial charge is 0.232 e. The van der Waals surface area contributed by atoms with Crippen molar-refractivity contribution in [2.45, 2.75) is 43.8 Å². The molecule has 1 N–H and O–H groups in total. The molecule has 2 rings (SSSR count). The highest BCUT2D eigenvalue weighted by Gasteiger charge is 2.36. The molecule has 0 saturated carbocycles. The molecule has 2 aliphatic rings. The van der Waals surface area contributed by atoms with Crippen molar-refractivity contribution in [3.63, 3.8) is 0 Å². The fourth-order valence-electron chi connectivity index (χ4n) is 2.77. The number of nitrogens with zero attached hydrogens (tertiary/aromatic N) is 1. The number of piperidine rings is 1. The van der Waals surface area contributed by atoms with Crippen molar-refractivity contribution in [2.75, 3.05) is 19.1 Å². The molecule has 4 heteroatoms. The number of thioether (sulfide) groups is 1. The van der Waals surface area contributed by atoms with E-state index in [0.717, 1.165) is 12.8 Å². The van der Waals surface area contributed by atoms with Crippen molar-refractivity contribution in [3.8, 4) is 0 Å². The summed E-state index contributed by atoms with van der Waals surface area (Å²) in [5.41, 5.74) is 0. The van der Waals surface area contributed by atoms with Crippen LogP contribution >= 0.6 is 11.8 Å². The quantitative estimate of drug-likeness (QED) is 0.785. The van der Waals surface area contributed by atoms with E-state index in [2.05, 4.69) is 5.32 Å². The molecule has 2 saturated heterocycles. The Bertz CT molecular complexity index is 235. The van der Waals surface area contributed by atoms with Crippen LogP contribution in [0.3, 0.4) is 0 Å². The lowest BCUT2D eigenvalue weighted by Gasteiger charge is -2.35. The van der Waals surface area contributed by atoms with E-state index in [-0.39, 0.29) is 5.91 Å². The molecule has 2 aliphatic heterocycles. The normalized spacial score (nSPS) is 34.1. The van der Waals surface area contributed by atoms with Gasteiger partial charge in [0, 0.05) is 25.2 Å². The number of rotatable bonds is 3. The maximum atomic E-state index is 11.8. The molecule has 86 valence electrons. The summed E-state index contributed by atoms with van der Waals surface area (Å²) in [4.78, 5) is 13.7. The molecule has 0 aromatic rings. The first kappa shape index (κ1) is 11.3. The number of fused-ring (bicyclic) bond motifs is 2. The van der Waals surface area contributed by atoms with E-state index >= 15 is 0 Å². The number of hydrogen-bond acceptors (Lipinski definition) is 3. The van der Waals surface area contributed by atoms with Crippen LogP contribution in [0.2, 0.25) is 0 Å². The summed E-state index contributed by atoms with van der Waals surface area (Å²) >= 11 is 1.61. The van der Waals surface area contributed by atoms with Gasteiger partial charge >= 0.3 is 0 Å². The fourth-order valence-corrected chi connectivity index (χ4v) is 3.22. The molecule has 2 unspecified atom stereocenters. The van der Waals surface area contributed by atoms with Crippen LogP contribution in [0.15, 0.2) is 0 Å². The van der Waals surface area contributed by atoms with Gasteiger partial charge in [0.15, 0.2) is 0 Å². The molecule has 0 aliphatic carbocycles. The Labute approximate surface area is 96.0 Å². The number of hydrogen-bond donors (Lipinski definition) is 1. The summed E-state index contributed by atoms with van der Waals surface area (Å²) < 4.78 is 0. The molecule has 2 heterocycles. The minimum atomic E-state index is 0.286. The lowest BCUT2D eigenvalue weighted by molar-refractivity contribution is -0.129. The van der Waals surface area contributed by atoms with Crippen LogP contribution in [-0.4, -0.2) is 48.0 Å². The van der Waals surface area contributed by atoms with Gasteiger partial charge in [-0.25, -0.2) is 0 Å². The minimum Gasteiger partial charge on any atom is -0.342 e. The molecule has 3 nitrogen and oxygen atoms in total. The van der Waals surface area contributed by atoms with E-state index in [1.54, 1.807) is 11.8 Å². The van der Waals surface area contributed by atoms with Crippen molar-refractivity contribution in [1.82, 2.24) is 10.2 Å². The number of carbonyl (C=O) groups is 1. The van der Waals surface area contributed by atoms with Crippen LogP contribution in [0.5, 0.6) is 0 Å². The molecule has 0 aromatic carbocycles. The van der Waals surface area contributed by atoms with Gasteiger partial charge in [0.05, 0.1) is 5.75 Å². The Morgan fingerprint density at radius 2 is 2.00 bits per heavy atom. The molecule has 15 heavy (non-hydrogen) atoms. The molecule has 2 atom stereocenters. The largest absolute Gasteiger partial charge is 0.342 e. The summed E-state index contributed by atoms with van der Waals surface area (Å²) in [5.74, 6) is 0.907. The molecule has 0 aromatic heterocycles. The second-order valence-electron chi connectivity index (χ2n) is 4.70. The molecule has 0 spiro atoms. The molecule has 0 radical (unpaired) electrons. The van der Waals surface area contributed by atoms with Crippen molar-refractivity contribution in [1.29, 1.82) is 0 Å². The average molecular weight is 228 g/mol. The van der Waals surface area contributed by atoms with E-state index < -0.39 is 0 Å². The molecule has 1 amide bonds. The van der Waals surface area contributed by atoms with Crippen LogP contribution in [0.1, 0.15) is 25.7 Å².